The Morgan fingerprint density at radius 2 is 1.63 bits per heavy atom. The van der Waals surface area contributed by atoms with Crippen LogP contribution in [0.2, 0.25) is 10.0 Å². The summed E-state index contributed by atoms with van der Waals surface area (Å²) < 4.78 is 19.4. The molecule has 5 nitrogen and oxygen atoms in total. The van der Waals surface area contributed by atoms with Gasteiger partial charge in [-0.05, 0) is 80.4 Å². The maximum Gasteiger partial charge on any atom is 0.300 e. The van der Waals surface area contributed by atoms with E-state index < -0.39 is 23.5 Å². The van der Waals surface area contributed by atoms with Gasteiger partial charge in [0.25, 0.3) is 11.7 Å². The van der Waals surface area contributed by atoms with Gasteiger partial charge in [-0.25, -0.2) is 4.39 Å². The van der Waals surface area contributed by atoms with Crippen molar-refractivity contribution >= 4 is 46.3 Å². The summed E-state index contributed by atoms with van der Waals surface area (Å²) in [5.74, 6) is -1.94. The number of amides is 1. The summed E-state index contributed by atoms with van der Waals surface area (Å²) in [6.45, 7) is 5.62. The number of benzene rings is 3. The van der Waals surface area contributed by atoms with Crippen LogP contribution in [0.15, 0.2) is 66.2 Å². The van der Waals surface area contributed by atoms with Gasteiger partial charge in [-0.15, -0.1) is 0 Å². The van der Waals surface area contributed by atoms with Gasteiger partial charge in [0.1, 0.15) is 17.3 Å². The summed E-state index contributed by atoms with van der Waals surface area (Å²) in [5, 5.41) is 11.8. The van der Waals surface area contributed by atoms with Crippen LogP contribution in [-0.2, 0) is 9.59 Å². The molecule has 1 aliphatic rings. The highest BCUT2D eigenvalue weighted by Gasteiger charge is 2.47. The standard InChI is InChI=1S/C27H22Cl2FNO4/c1-14(2)35-22-9-6-17(10-15(22)3)25(32)23-24(16-4-7-20(30)8-5-16)31(27(34)26(23)33)21-12-18(28)11-19(29)13-21/h4-14,24,32H,1-3H3/b25-23+. The molecule has 1 atom stereocenters. The molecule has 4 rings (SSSR count). The SMILES string of the molecule is Cc1cc(/C(O)=C2\C(=O)C(=O)N(c3cc(Cl)cc(Cl)c3)C2c2ccc(F)cc2)ccc1OC(C)C. The molecular weight excluding hydrogens is 492 g/mol. The topological polar surface area (TPSA) is 66.8 Å². The van der Waals surface area contributed by atoms with Crippen LogP contribution in [0.3, 0.4) is 0 Å². The molecule has 0 radical (unpaired) electrons. The molecule has 1 aliphatic heterocycles. The summed E-state index contributed by atoms with van der Waals surface area (Å²) in [5.41, 5.74) is 1.66. The van der Waals surface area contributed by atoms with Gasteiger partial charge in [-0.2, -0.15) is 0 Å². The Bertz CT molecular complexity index is 1330. The van der Waals surface area contributed by atoms with Crippen molar-refractivity contribution in [3.8, 4) is 5.75 Å². The van der Waals surface area contributed by atoms with Gasteiger partial charge in [-0.1, -0.05) is 35.3 Å². The molecule has 8 heteroatoms. The van der Waals surface area contributed by atoms with Crippen LogP contribution < -0.4 is 9.64 Å². The summed E-state index contributed by atoms with van der Waals surface area (Å²) in [4.78, 5) is 27.7. The third kappa shape index (κ3) is 4.90. The van der Waals surface area contributed by atoms with Gasteiger partial charge in [0.2, 0.25) is 0 Å². The zero-order valence-corrected chi connectivity index (χ0v) is 20.7. The number of ether oxygens (including phenoxy) is 1. The van der Waals surface area contributed by atoms with E-state index in [4.69, 9.17) is 27.9 Å². The number of anilines is 1. The van der Waals surface area contributed by atoms with Crippen molar-refractivity contribution in [3.63, 3.8) is 0 Å². The predicted octanol–water partition coefficient (Wildman–Crippen LogP) is 6.85. The first-order valence-electron chi connectivity index (χ1n) is 10.9. The number of aliphatic hydroxyl groups excluding tert-OH is 1. The van der Waals surface area contributed by atoms with E-state index in [0.29, 0.717) is 16.9 Å². The maximum atomic E-state index is 13.7. The minimum atomic E-state index is -1.03. The molecule has 0 aliphatic carbocycles. The van der Waals surface area contributed by atoms with E-state index in [2.05, 4.69) is 0 Å². The van der Waals surface area contributed by atoms with E-state index in [0.717, 1.165) is 5.56 Å². The fourth-order valence-corrected chi connectivity index (χ4v) is 4.59. The third-order valence-electron chi connectivity index (χ3n) is 5.57. The summed E-state index contributed by atoms with van der Waals surface area (Å²) in [6, 6.07) is 13.8. The highest BCUT2D eigenvalue weighted by Crippen LogP contribution is 2.43. The lowest BCUT2D eigenvalue weighted by Gasteiger charge is -2.26. The van der Waals surface area contributed by atoms with Crippen molar-refractivity contribution in [2.45, 2.75) is 32.9 Å². The Kier molecular flexibility index (Phi) is 6.88. The number of aliphatic hydroxyl groups is 1. The van der Waals surface area contributed by atoms with Crippen LogP contribution in [0, 0.1) is 12.7 Å². The number of nitrogens with zero attached hydrogens (tertiary/aromatic N) is 1. The zero-order chi connectivity index (χ0) is 25.4. The molecule has 1 fully saturated rings. The second-order valence-corrected chi connectivity index (χ2v) is 9.37. The number of ketones is 1. The van der Waals surface area contributed by atoms with E-state index >= 15 is 0 Å². The normalized spacial score (nSPS) is 17.3. The summed E-state index contributed by atoms with van der Waals surface area (Å²) in [7, 11) is 0. The minimum Gasteiger partial charge on any atom is -0.507 e. The van der Waals surface area contributed by atoms with E-state index in [1.807, 2.05) is 20.8 Å². The number of rotatable bonds is 5. The summed E-state index contributed by atoms with van der Waals surface area (Å²) >= 11 is 12.3. The minimum absolute atomic E-state index is 0.0403. The van der Waals surface area contributed by atoms with Crippen LogP contribution >= 0.6 is 23.2 Å². The van der Waals surface area contributed by atoms with E-state index in [9.17, 15) is 19.1 Å². The first-order chi connectivity index (χ1) is 16.6. The lowest BCUT2D eigenvalue weighted by Crippen LogP contribution is -2.29. The Labute approximate surface area is 212 Å². The van der Waals surface area contributed by atoms with Crippen molar-refractivity contribution in [2.24, 2.45) is 0 Å². The Morgan fingerprint density at radius 3 is 2.20 bits per heavy atom. The molecule has 0 saturated carbocycles. The van der Waals surface area contributed by atoms with Crippen molar-refractivity contribution in [2.75, 3.05) is 4.90 Å². The van der Waals surface area contributed by atoms with Crippen LogP contribution in [0.5, 0.6) is 5.75 Å². The molecule has 0 spiro atoms. The largest absolute Gasteiger partial charge is 0.507 e. The number of aryl methyl sites for hydroxylation is 1. The molecule has 180 valence electrons. The monoisotopic (exact) mass is 513 g/mol. The first kappa shape index (κ1) is 24.8. The number of halogens is 3. The second kappa shape index (κ2) is 9.72. The zero-order valence-electron chi connectivity index (χ0n) is 19.2. The van der Waals surface area contributed by atoms with Crippen LogP contribution in [0.25, 0.3) is 5.76 Å². The number of hydrogen-bond donors (Lipinski definition) is 1. The van der Waals surface area contributed by atoms with Gasteiger partial charge in [0.15, 0.2) is 0 Å². The smallest absolute Gasteiger partial charge is 0.300 e. The number of carbonyl (C=O) groups is 2. The number of hydrogen-bond acceptors (Lipinski definition) is 4. The Hall–Kier alpha value is -3.35. The van der Waals surface area contributed by atoms with Gasteiger partial charge in [0, 0.05) is 21.3 Å². The van der Waals surface area contributed by atoms with Crippen LogP contribution in [0.1, 0.15) is 36.6 Å². The third-order valence-corrected chi connectivity index (χ3v) is 6.00. The average molecular weight is 514 g/mol. The van der Waals surface area contributed by atoms with Gasteiger partial charge in [-0.3, -0.25) is 14.5 Å². The number of carbonyl (C=O) groups excluding carboxylic acids is 2. The van der Waals surface area contributed by atoms with Crippen molar-refractivity contribution in [3.05, 3.63) is 98.8 Å². The van der Waals surface area contributed by atoms with Crippen molar-refractivity contribution < 1.29 is 23.8 Å². The molecular formula is C27H22Cl2FNO4. The second-order valence-electron chi connectivity index (χ2n) is 8.50. The van der Waals surface area contributed by atoms with E-state index in [1.165, 1.54) is 47.4 Å². The van der Waals surface area contributed by atoms with Crippen LogP contribution in [-0.4, -0.2) is 22.9 Å². The predicted molar refractivity (Wildman–Crippen MR) is 135 cm³/mol. The highest BCUT2D eigenvalue weighted by atomic mass is 35.5. The molecule has 1 heterocycles. The van der Waals surface area contributed by atoms with Crippen molar-refractivity contribution in [1.29, 1.82) is 0 Å². The van der Waals surface area contributed by atoms with Crippen molar-refractivity contribution in [1.82, 2.24) is 0 Å². The molecule has 0 aromatic heterocycles. The first-order valence-corrected chi connectivity index (χ1v) is 11.6. The fourth-order valence-electron chi connectivity index (χ4n) is 4.08. The molecule has 3 aromatic rings. The van der Waals surface area contributed by atoms with Gasteiger partial charge < -0.3 is 9.84 Å². The lowest BCUT2D eigenvalue weighted by molar-refractivity contribution is -0.132. The number of Topliss-reactive ketones (excluding diaryl/α,β-unsaturated/α-hetero) is 1. The maximum absolute atomic E-state index is 13.7. The molecule has 35 heavy (non-hydrogen) atoms. The quantitative estimate of drug-likeness (QED) is 0.230. The fraction of sp³-hybridized carbons (Fsp3) is 0.185. The van der Waals surface area contributed by atoms with Crippen LogP contribution in [0.4, 0.5) is 10.1 Å². The molecule has 0 bridgehead atoms. The molecule has 3 aromatic carbocycles. The molecule has 1 unspecified atom stereocenters. The molecule has 1 amide bonds. The Morgan fingerprint density at radius 1 is 1.00 bits per heavy atom. The average Bonchev–Trinajstić information content (AvgIpc) is 3.05. The Balaban J connectivity index is 1.91. The highest BCUT2D eigenvalue weighted by molar-refractivity contribution is 6.52. The summed E-state index contributed by atoms with van der Waals surface area (Å²) in [6.07, 6.45) is -0.0403. The molecule has 1 saturated heterocycles. The van der Waals surface area contributed by atoms with E-state index in [-0.39, 0.29) is 33.2 Å². The van der Waals surface area contributed by atoms with Gasteiger partial charge in [0.05, 0.1) is 17.7 Å². The molecule has 1 N–H and O–H groups in total. The lowest BCUT2D eigenvalue weighted by atomic mass is 9.94. The van der Waals surface area contributed by atoms with Gasteiger partial charge >= 0.3 is 0 Å². The van der Waals surface area contributed by atoms with E-state index in [1.54, 1.807) is 18.2 Å².